The number of carbonyl (C=O) groups is 1. The van der Waals surface area contributed by atoms with Crippen molar-refractivity contribution in [2.45, 2.75) is 49.6 Å². The molecule has 0 aliphatic carbocycles. The molecule has 0 radical (unpaired) electrons. The van der Waals surface area contributed by atoms with Crippen LogP contribution in [0.4, 0.5) is 0 Å². The van der Waals surface area contributed by atoms with Gasteiger partial charge in [-0.1, -0.05) is 23.7 Å². The van der Waals surface area contributed by atoms with E-state index < -0.39 is 9.84 Å². The van der Waals surface area contributed by atoms with E-state index in [2.05, 4.69) is 4.90 Å². The topological polar surface area (TPSA) is 66.9 Å². The number of piperidine rings is 2. The predicted molar refractivity (Wildman–Crippen MR) is 130 cm³/mol. The van der Waals surface area contributed by atoms with Crippen LogP contribution in [0.15, 0.2) is 47.4 Å². The number of likely N-dealkylation sites (tertiary alicyclic amines) is 2. The molecular weight excluding hydrogens is 460 g/mol. The van der Waals surface area contributed by atoms with Crippen molar-refractivity contribution >= 4 is 27.3 Å². The number of amides is 1. The second kappa shape index (κ2) is 10.0. The van der Waals surface area contributed by atoms with Gasteiger partial charge in [0.25, 0.3) is 5.91 Å². The van der Waals surface area contributed by atoms with E-state index in [1.165, 1.54) is 6.07 Å². The van der Waals surface area contributed by atoms with Crippen LogP contribution < -0.4 is 4.74 Å². The van der Waals surface area contributed by atoms with Crippen molar-refractivity contribution in [1.29, 1.82) is 0 Å². The van der Waals surface area contributed by atoms with Gasteiger partial charge in [0.1, 0.15) is 11.9 Å². The minimum atomic E-state index is -3.45. The highest BCUT2D eigenvalue weighted by Gasteiger charge is 2.31. The van der Waals surface area contributed by atoms with E-state index in [0.29, 0.717) is 19.1 Å². The molecule has 2 saturated heterocycles. The highest BCUT2D eigenvalue weighted by molar-refractivity contribution is 7.90. The Morgan fingerprint density at radius 3 is 2.30 bits per heavy atom. The zero-order valence-corrected chi connectivity index (χ0v) is 20.7. The summed E-state index contributed by atoms with van der Waals surface area (Å²) in [6.45, 7) is 5.22. The fourth-order valence-electron chi connectivity index (χ4n) is 4.81. The maximum atomic E-state index is 13.0. The van der Waals surface area contributed by atoms with Gasteiger partial charge < -0.3 is 9.64 Å². The Balaban J connectivity index is 1.29. The molecule has 2 aromatic carbocycles. The van der Waals surface area contributed by atoms with Crippen LogP contribution in [0.3, 0.4) is 0 Å². The van der Waals surface area contributed by atoms with Gasteiger partial charge in [0.15, 0.2) is 9.84 Å². The largest absolute Gasteiger partial charge is 0.490 e. The second-order valence-electron chi connectivity index (χ2n) is 9.06. The van der Waals surface area contributed by atoms with E-state index in [1.54, 1.807) is 23.1 Å². The molecule has 178 valence electrons. The number of ether oxygens (including phenoxy) is 1. The van der Waals surface area contributed by atoms with Crippen molar-refractivity contribution in [3.63, 3.8) is 0 Å². The lowest BCUT2D eigenvalue weighted by atomic mass is 9.98. The summed E-state index contributed by atoms with van der Waals surface area (Å²) in [6.07, 6.45) is 5.09. The molecule has 33 heavy (non-hydrogen) atoms. The van der Waals surface area contributed by atoms with Gasteiger partial charge in [-0.15, -0.1) is 0 Å². The summed E-state index contributed by atoms with van der Waals surface area (Å²) in [5.41, 5.74) is 1.29. The Kier molecular flexibility index (Phi) is 7.31. The summed E-state index contributed by atoms with van der Waals surface area (Å²) in [5.74, 6) is 0.677. The van der Waals surface area contributed by atoms with E-state index in [4.69, 9.17) is 16.3 Å². The zero-order valence-electron chi connectivity index (χ0n) is 19.2. The average Bonchev–Trinajstić information content (AvgIpc) is 2.81. The zero-order chi connectivity index (χ0) is 23.6. The van der Waals surface area contributed by atoms with Crippen LogP contribution in [0, 0.1) is 6.92 Å². The molecule has 4 rings (SSSR count). The smallest absolute Gasteiger partial charge is 0.255 e. The lowest BCUT2D eigenvalue weighted by molar-refractivity contribution is 0.0423. The number of hydrogen-bond acceptors (Lipinski definition) is 5. The summed E-state index contributed by atoms with van der Waals surface area (Å²) < 4.78 is 30.3. The number of benzene rings is 2. The van der Waals surface area contributed by atoms with Crippen molar-refractivity contribution in [1.82, 2.24) is 9.80 Å². The molecule has 8 heteroatoms. The third-order valence-corrected chi connectivity index (χ3v) is 8.27. The van der Waals surface area contributed by atoms with E-state index >= 15 is 0 Å². The van der Waals surface area contributed by atoms with Crippen LogP contribution in [-0.4, -0.2) is 68.7 Å². The molecule has 0 bridgehead atoms. The highest BCUT2D eigenvalue weighted by atomic mass is 35.5. The van der Waals surface area contributed by atoms with Gasteiger partial charge in [-0.3, -0.25) is 9.69 Å². The predicted octanol–water partition coefficient (Wildman–Crippen LogP) is 4.20. The average molecular weight is 491 g/mol. The number of rotatable bonds is 5. The lowest BCUT2D eigenvalue weighted by Gasteiger charge is -2.41. The second-order valence-corrected chi connectivity index (χ2v) is 11.4. The Labute approximate surface area is 201 Å². The van der Waals surface area contributed by atoms with E-state index in [9.17, 15) is 13.2 Å². The first-order valence-corrected chi connectivity index (χ1v) is 13.7. The Morgan fingerprint density at radius 2 is 1.67 bits per heavy atom. The van der Waals surface area contributed by atoms with Crippen LogP contribution in [0.25, 0.3) is 0 Å². The van der Waals surface area contributed by atoms with Gasteiger partial charge in [-0.25, -0.2) is 8.42 Å². The summed E-state index contributed by atoms with van der Waals surface area (Å²) in [4.78, 5) is 17.4. The minimum Gasteiger partial charge on any atom is -0.490 e. The van der Waals surface area contributed by atoms with Crippen molar-refractivity contribution in [2.75, 3.05) is 32.4 Å². The summed E-state index contributed by atoms with van der Waals surface area (Å²) in [5, 5.41) is 0.752. The molecule has 2 aromatic rings. The summed E-state index contributed by atoms with van der Waals surface area (Å²) >= 11 is 6.11. The lowest BCUT2D eigenvalue weighted by Crippen LogP contribution is -2.50. The fraction of sp³-hybridized carbons (Fsp3) is 0.480. The van der Waals surface area contributed by atoms with Gasteiger partial charge in [-0.2, -0.15) is 0 Å². The summed E-state index contributed by atoms with van der Waals surface area (Å²) in [6, 6.07) is 12.7. The van der Waals surface area contributed by atoms with E-state index in [1.807, 2.05) is 25.1 Å². The molecule has 0 spiro atoms. The Morgan fingerprint density at radius 1 is 1.00 bits per heavy atom. The maximum Gasteiger partial charge on any atom is 0.255 e. The number of nitrogens with zero attached hydrogens (tertiary/aromatic N) is 2. The first-order valence-electron chi connectivity index (χ1n) is 11.5. The quantitative estimate of drug-likeness (QED) is 0.628. The molecule has 0 saturated carbocycles. The number of hydrogen-bond donors (Lipinski definition) is 0. The molecule has 0 unspecified atom stereocenters. The normalized spacial score (nSPS) is 18.9. The first-order chi connectivity index (χ1) is 15.7. The molecule has 2 aliphatic heterocycles. The van der Waals surface area contributed by atoms with Crippen molar-refractivity contribution in [3.05, 3.63) is 58.6 Å². The van der Waals surface area contributed by atoms with Crippen LogP contribution in [0.2, 0.25) is 5.02 Å². The van der Waals surface area contributed by atoms with Crippen LogP contribution >= 0.6 is 11.6 Å². The van der Waals surface area contributed by atoms with E-state index in [-0.39, 0.29) is 22.5 Å². The van der Waals surface area contributed by atoms with Gasteiger partial charge in [0, 0.05) is 43.5 Å². The number of sulfone groups is 1. The molecule has 0 aromatic heterocycles. The highest BCUT2D eigenvalue weighted by Crippen LogP contribution is 2.27. The van der Waals surface area contributed by atoms with E-state index in [0.717, 1.165) is 61.4 Å². The molecular formula is C25H31ClN2O4S. The number of aryl methyl sites for hydroxylation is 1. The molecule has 2 aliphatic rings. The molecule has 2 heterocycles. The SMILES string of the molecule is Cc1cc(OC2CCN(C3CCN(C(=O)c4ccccc4S(C)(=O)=O)CC3)CC2)ccc1Cl. The molecule has 0 atom stereocenters. The number of halogens is 1. The Bertz CT molecular complexity index is 1110. The first kappa shape index (κ1) is 24.0. The van der Waals surface area contributed by atoms with Crippen LogP contribution in [-0.2, 0) is 9.84 Å². The van der Waals surface area contributed by atoms with Gasteiger partial charge in [0.05, 0.1) is 10.5 Å². The monoisotopic (exact) mass is 490 g/mol. The van der Waals surface area contributed by atoms with Crippen LogP contribution in [0.5, 0.6) is 5.75 Å². The third-order valence-electron chi connectivity index (χ3n) is 6.69. The molecule has 6 nitrogen and oxygen atoms in total. The molecule has 0 N–H and O–H groups in total. The van der Waals surface area contributed by atoms with Crippen molar-refractivity contribution in [2.24, 2.45) is 0 Å². The van der Waals surface area contributed by atoms with Crippen molar-refractivity contribution in [3.8, 4) is 5.75 Å². The minimum absolute atomic E-state index is 0.107. The van der Waals surface area contributed by atoms with Crippen LogP contribution in [0.1, 0.15) is 41.6 Å². The molecule has 2 fully saturated rings. The number of carbonyl (C=O) groups excluding carboxylic acids is 1. The Hall–Kier alpha value is -2.09. The summed E-state index contributed by atoms with van der Waals surface area (Å²) in [7, 11) is -3.45. The van der Waals surface area contributed by atoms with Gasteiger partial charge in [-0.05, 0) is 68.5 Å². The maximum absolute atomic E-state index is 13.0. The standard InChI is InChI=1S/C25H31ClN2O4S/c1-18-17-21(7-8-23(18)26)32-20-11-15-27(16-12-20)19-9-13-28(14-10-19)25(29)22-5-3-4-6-24(22)33(2,30)31/h3-8,17,19-20H,9-16H2,1-2H3. The van der Waals surface area contributed by atoms with Gasteiger partial charge >= 0.3 is 0 Å². The third kappa shape index (κ3) is 5.70. The van der Waals surface area contributed by atoms with Gasteiger partial charge in [0.2, 0.25) is 0 Å². The molecule has 1 amide bonds. The van der Waals surface area contributed by atoms with Crippen molar-refractivity contribution < 1.29 is 17.9 Å². The fourth-order valence-corrected chi connectivity index (χ4v) is 5.81.